The number of benzene rings is 2. The lowest BCUT2D eigenvalue weighted by Gasteiger charge is -2.26. The summed E-state index contributed by atoms with van der Waals surface area (Å²) in [5.41, 5.74) is 1.46. The summed E-state index contributed by atoms with van der Waals surface area (Å²) in [4.78, 5) is 12.3. The van der Waals surface area contributed by atoms with Gasteiger partial charge in [-0.3, -0.25) is 4.79 Å². The number of amides is 1. The van der Waals surface area contributed by atoms with Gasteiger partial charge in [0.1, 0.15) is 5.75 Å². The molecule has 0 aliphatic heterocycles. The zero-order valence-corrected chi connectivity index (χ0v) is 13.8. The predicted octanol–water partition coefficient (Wildman–Crippen LogP) is 4.06. The highest BCUT2D eigenvalue weighted by Gasteiger charge is 2.22. The Labute approximate surface area is 136 Å². The molecule has 1 amide bonds. The molecule has 0 aromatic heterocycles. The summed E-state index contributed by atoms with van der Waals surface area (Å²) in [6, 6.07) is 14.8. The minimum Gasteiger partial charge on any atom is -0.497 e. The van der Waals surface area contributed by atoms with E-state index in [9.17, 15) is 4.79 Å². The van der Waals surface area contributed by atoms with Crippen LogP contribution in [0.3, 0.4) is 0 Å². The zero-order valence-electron chi connectivity index (χ0n) is 13.0. The van der Waals surface area contributed by atoms with Crippen LogP contribution in [0.4, 0.5) is 0 Å². The van der Waals surface area contributed by atoms with Crippen molar-refractivity contribution in [3.05, 3.63) is 64.7 Å². The fourth-order valence-electron chi connectivity index (χ4n) is 2.18. The van der Waals surface area contributed by atoms with Crippen molar-refractivity contribution in [2.75, 3.05) is 13.7 Å². The number of methoxy groups -OCH3 is 1. The van der Waals surface area contributed by atoms with Gasteiger partial charge in [-0.2, -0.15) is 0 Å². The summed E-state index contributed by atoms with van der Waals surface area (Å²) < 4.78 is 5.14. The zero-order chi connectivity index (χ0) is 16.2. The first-order valence-electron chi connectivity index (χ1n) is 7.11. The average Bonchev–Trinajstić information content (AvgIpc) is 2.52. The maximum absolute atomic E-state index is 12.3. The molecule has 0 saturated carbocycles. The minimum absolute atomic E-state index is 0.117. The summed E-state index contributed by atoms with van der Waals surface area (Å²) >= 11 is 6.04. The van der Waals surface area contributed by atoms with Gasteiger partial charge in [-0.1, -0.05) is 43.6 Å². The highest BCUT2D eigenvalue weighted by molar-refractivity contribution is 6.30. The fraction of sp³-hybridized carbons (Fsp3) is 0.278. The molecule has 2 aromatic carbocycles. The molecule has 116 valence electrons. The van der Waals surface area contributed by atoms with Gasteiger partial charge >= 0.3 is 0 Å². The number of carbonyl (C=O) groups is 1. The van der Waals surface area contributed by atoms with Crippen molar-refractivity contribution in [1.82, 2.24) is 5.32 Å². The van der Waals surface area contributed by atoms with Crippen LogP contribution in [0.5, 0.6) is 5.75 Å². The van der Waals surface area contributed by atoms with Gasteiger partial charge in [0.25, 0.3) is 5.91 Å². The molecule has 2 aromatic rings. The molecule has 0 heterocycles. The minimum atomic E-state index is -0.209. The van der Waals surface area contributed by atoms with E-state index in [1.165, 1.54) is 0 Å². The van der Waals surface area contributed by atoms with Gasteiger partial charge in [-0.05, 0) is 35.9 Å². The van der Waals surface area contributed by atoms with Crippen molar-refractivity contribution >= 4 is 17.5 Å². The van der Waals surface area contributed by atoms with E-state index in [1.54, 1.807) is 25.3 Å². The molecular formula is C18H20ClNO2. The molecule has 0 atom stereocenters. The number of hydrogen-bond donors (Lipinski definition) is 1. The second kappa shape index (κ2) is 6.84. The number of hydrogen-bond acceptors (Lipinski definition) is 2. The van der Waals surface area contributed by atoms with Crippen molar-refractivity contribution < 1.29 is 9.53 Å². The molecule has 0 fully saturated rings. The summed E-state index contributed by atoms with van der Waals surface area (Å²) in [6.07, 6.45) is 0. The highest BCUT2D eigenvalue weighted by Crippen LogP contribution is 2.25. The Bertz CT molecular complexity index is 668. The van der Waals surface area contributed by atoms with Gasteiger partial charge in [-0.15, -0.1) is 0 Å². The third-order valence-corrected chi connectivity index (χ3v) is 3.86. The van der Waals surface area contributed by atoms with E-state index in [1.807, 2.05) is 30.3 Å². The van der Waals surface area contributed by atoms with E-state index in [0.717, 1.165) is 5.56 Å². The Hall–Kier alpha value is -2.00. The molecule has 0 aliphatic rings. The Balaban J connectivity index is 2.06. The van der Waals surface area contributed by atoms with Crippen LogP contribution >= 0.6 is 11.6 Å². The van der Waals surface area contributed by atoms with Crippen molar-refractivity contribution in [2.24, 2.45) is 0 Å². The summed E-state index contributed by atoms with van der Waals surface area (Å²) in [5, 5.41) is 3.67. The van der Waals surface area contributed by atoms with E-state index in [-0.39, 0.29) is 11.3 Å². The molecule has 0 unspecified atom stereocenters. The number of halogens is 1. The number of carbonyl (C=O) groups excluding carboxylic acids is 1. The predicted molar refractivity (Wildman–Crippen MR) is 89.8 cm³/mol. The van der Waals surface area contributed by atoms with E-state index >= 15 is 0 Å². The maximum Gasteiger partial charge on any atom is 0.251 e. The Morgan fingerprint density at radius 2 is 1.91 bits per heavy atom. The van der Waals surface area contributed by atoms with Gasteiger partial charge < -0.3 is 10.1 Å². The van der Waals surface area contributed by atoms with Crippen LogP contribution in [0.1, 0.15) is 29.8 Å². The SMILES string of the molecule is COc1cccc(C(=O)NCC(C)(C)c2cccc(Cl)c2)c1. The molecule has 3 nitrogen and oxygen atoms in total. The second-order valence-electron chi connectivity index (χ2n) is 5.81. The fourth-order valence-corrected chi connectivity index (χ4v) is 2.37. The first kappa shape index (κ1) is 16.4. The molecule has 4 heteroatoms. The van der Waals surface area contributed by atoms with E-state index in [0.29, 0.717) is 22.9 Å². The van der Waals surface area contributed by atoms with Gasteiger partial charge in [-0.25, -0.2) is 0 Å². The largest absolute Gasteiger partial charge is 0.497 e. The van der Waals surface area contributed by atoms with Crippen LogP contribution in [0, 0.1) is 0 Å². The normalized spacial score (nSPS) is 11.1. The topological polar surface area (TPSA) is 38.3 Å². The van der Waals surface area contributed by atoms with E-state index in [4.69, 9.17) is 16.3 Å². The van der Waals surface area contributed by atoms with Crippen LogP contribution in [-0.2, 0) is 5.41 Å². The third-order valence-electron chi connectivity index (χ3n) is 3.63. The van der Waals surface area contributed by atoms with Gasteiger partial charge in [0.05, 0.1) is 7.11 Å². The molecular weight excluding hydrogens is 298 g/mol. The number of rotatable bonds is 5. The lowest BCUT2D eigenvalue weighted by Crippen LogP contribution is -2.36. The monoisotopic (exact) mass is 317 g/mol. The van der Waals surface area contributed by atoms with Crippen LogP contribution in [-0.4, -0.2) is 19.6 Å². The second-order valence-corrected chi connectivity index (χ2v) is 6.25. The smallest absolute Gasteiger partial charge is 0.251 e. The first-order chi connectivity index (χ1) is 10.4. The Morgan fingerprint density at radius 3 is 2.59 bits per heavy atom. The number of ether oxygens (including phenoxy) is 1. The Kier molecular flexibility index (Phi) is 5.09. The van der Waals surface area contributed by atoms with Crippen LogP contribution in [0.2, 0.25) is 5.02 Å². The Morgan fingerprint density at radius 1 is 1.18 bits per heavy atom. The molecule has 0 bridgehead atoms. The van der Waals surface area contributed by atoms with Crippen molar-refractivity contribution in [1.29, 1.82) is 0 Å². The van der Waals surface area contributed by atoms with Crippen LogP contribution < -0.4 is 10.1 Å². The average molecular weight is 318 g/mol. The molecule has 0 aliphatic carbocycles. The first-order valence-corrected chi connectivity index (χ1v) is 7.48. The van der Waals surface area contributed by atoms with Gasteiger partial charge in [0.2, 0.25) is 0 Å². The van der Waals surface area contributed by atoms with Crippen molar-refractivity contribution in [2.45, 2.75) is 19.3 Å². The molecule has 22 heavy (non-hydrogen) atoms. The van der Waals surface area contributed by atoms with Crippen molar-refractivity contribution in [3.63, 3.8) is 0 Å². The van der Waals surface area contributed by atoms with Crippen molar-refractivity contribution in [3.8, 4) is 5.75 Å². The van der Waals surface area contributed by atoms with Crippen LogP contribution in [0.15, 0.2) is 48.5 Å². The standard InChI is InChI=1S/C18H20ClNO2/c1-18(2,14-7-5-8-15(19)11-14)12-20-17(21)13-6-4-9-16(10-13)22-3/h4-11H,12H2,1-3H3,(H,20,21). The van der Waals surface area contributed by atoms with Gasteiger partial charge in [0, 0.05) is 22.5 Å². The van der Waals surface area contributed by atoms with Gasteiger partial charge in [0.15, 0.2) is 0 Å². The summed E-state index contributed by atoms with van der Waals surface area (Å²) in [6.45, 7) is 4.67. The summed E-state index contributed by atoms with van der Waals surface area (Å²) in [5.74, 6) is 0.552. The maximum atomic E-state index is 12.3. The molecule has 0 radical (unpaired) electrons. The van der Waals surface area contributed by atoms with E-state index in [2.05, 4.69) is 19.2 Å². The summed E-state index contributed by atoms with van der Waals surface area (Å²) in [7, 11) is 1.58. The molecule has 0 spiro atoms. The lowest BCUT2D eigenvalue weighted by molar-refractivity contribution is 0.0945. The van der Waals surface area contributed by atoms with Crippen LogP contribution in [0.25, 0.3) is 0 Å². The third kappa shape index (κ3) is 4.01. The molecule has 1 N–H and O–H groups in total. The number of nitrogens with one attached hydrogen (secondary N) is 1. The molecule has 0 saturated heterocycles. The molecule has 2 rings (SSSR count). The van der Waals surface area contributed by atoms with E-state index < -0.39 is 0 Å². The highest BCUT2D eigenvalue weighted by atomic mass is 35.5. The quantitative estimate of drug-likeness (QED) is 0.903. The lowest BCUT2D eigenvalue weighted by atomic mass is 9.84.